The van der Waals surface area contributed by atoms with E-state index in [4.69, 9.17) is 0 Å². The quantitative estimate of drug-likeness (QED) is 0.905. The van der Waals surface area contributed by atoms with Crippen LogP contribution in [0.4, 0.5) is 4.39 Å². The van der Waals surface area contributed by atoms with Gasteiger partial charge in [-0.2, -0.15) is 0 Å². The minimum Gasteiger partial charge on any atom is -0.389 e. The summed E-state index contributed by atoms with van der Waals surface area (Å²) < 4.78 is 26.0. The van der Waals surface area contributed by atoms with Crippen molar-refractivity contribution < 1.29 is 13.7 Å². The summed E-state index contributed by atoms with van der Waals surface area (Å²) in [6, 6.07) is 5.31. The first-order chi connectivity index (χ1) is 8.98. The topological polar surface area (TPSA) is 37.3 Å². The number of halogens is 1. The molecule has 3 rings (SSSR count). The highest BCUT2D eigenvalue weighted by Gasteiger charge is 2.47. The Balaban J connectivity index is 1.83. The van der Waals surface area contributed by atoms with E-state index >= 15 is 0 Å². The molecule has 0 spiro atoms. The standard InChI is InChI=1S/C15H19FO2S/c1-10-3-2-4-11(14(10)16)7-15(17)8-12-5-6-13(9-15)19(12)18/h2-4,12-13,17H,5-9H2,1H3. The number of fused-ring (bicyclic) bond motifs is 2. The van der Waals surface area contributed by atoms with Crippen LogP contribution >= 0.6 is 0 Å². The Morgan fingerprint density at radius 1 is 1.37 bits per heavy atom. The molecule has 0 amide bonds. The van der Waals surface area contributed by atoms with Crippen molar-refractivity contribution in [3.63, 3.8) is 0 Å². The van der Waals surface area contributed by atoms with Crippen LogP contribution < -0.4 is 0 Å². The van der Waals surface area contributed by atoms with E-state index in [1.54, 1.807) is 19.1 Å². The molecule has 0 saturated carbocycles. The first kappa shape index (κ1) is 13.3. The molecule has 2 heterocycles. The van der Waals surface area contributed by atoms with Gasteiger partial charge in [-0.1, -0.05) is 18.2 Å². The Hall–Kier alpha value is -0.740. The van der Waals surface area contributed by atoms with Crippen molar-refractivity contribution in [2.75, 3.05) is 0 Å². The summed E-state index contributed by atoms with van der Waals surface area (Å²) in [7, 11) is -0.787. The van der Waals surface area contributed by atoms with Gasteiger partial charge in [-0.15, -0.1) is 0 Å². The van der Waals surface area contributed by atoms with Crippen LogP contribution in [0.15, 0.2) is 18.2 Å². The van der Waals surface area contributed by atoms with Crippen LogP contribution in [0.2, 0.25) is 0 Å². The van der Waals surface area contributed by atoms with Gasteiger partial charge in [-0.3, -0.25) is 4.21 Å². The number of rotatable bonds is 2. The van der Waals surface area contributed by atoms with Gasteiger partial charge in [0.25, 0.3) is 0 Å². The Morgan fingerprint density at radius 2 is 2.00 bits per heavy atom. The molecular formula is C15H19FO2S. The van der Waals surface area contributed by atoms with Gasteiger partial charge in [0.05, 0.1) is 5.60 Å². The van der Waals surface area contributed by atoms with Crippen LogP contribution in [-0.4, -0.2) is 25.4 Å². The van der Waals surface area contributed by atoms with Crippen LogP contribution in [0.3, 0.4) is 0 Å². The molecule has 2 unspecified atom stereocenters. The Kier molecular flexibility index (Phi) is 3.26. The molecule has 0 aromatic heterocycles. The van der Waals surface area contributed by atoms with Gasteiger partial charge < -0.3 is 5.11 Å². The molecule has 2 saturated heterocycles. The third-order valence-corrected chi connectivity index (χ3v) is 6.59. The van der Waals surface area contributed by atoms with Gasteiger partial charge in [0.15, 0.2) is 0 Å². The van der Waals surface area contributed by atoms with Crippen LogP contribution in [0.1, 0.15) is 36.8 Å². The van der Waals surface area contributed by atoms with Crippen molar-refractivity contribution >= 4 is 10.8 Å². The molecular weight excluding hydrogens is 263 g/mol. The fraction of sp³-hybridized carbons (Fsp3) is 0.600. The van der Waals surface area contributed by atoms with Crippen LogP contribution in [-0.2, 0) is 17.2 Å². The van der Waals surface area contributed by atoms with Crippen molar-refractivity contribution in [1.29, 1.82) is 0 Å². The van der Waals surface area contributed by atoms with E-state index in [-0.39, 0.29) is 16.3 Å². The molecule has 1 aromatic rings. The maximum Gasteiger partial charge on any atom is 0.129 e. The summed E-state index contributed by atoms with van der Waals surface area (Å²) in [5.74, 6) is -0.213. The third kappa shape index (κ3) is 2.36. The molecule has 1 aromatic carbocycles. The van der Waals surface area contributed by atoms with Crippen LogP contribution in [0.5, 0.6) is 0 Å². The second-order valence-electron chi connectivity index (χ2n) is 6.01. The summed E-state index contributed by atoms with van der Waals surface area (Å²) in [5.41, 5.74) is 0.312. The van der Waals surface area contributed by atoms with Gasteiger partial charge in [-0.25, -0.2) is 4.39 Å². The van der Waals surface area contributed by atoms with Crippen molar-refractivity contribution in [3.8, 4) is 0 Å². The summed E-state index contributed by atoms with van der Waals surface area (Å²) in [6.45, 7) is 1.74. The highest BCUT2D eigenvalue weighted by atomic mass is 32.2. The maximum absolute atomic E-state index is 14.0. The molecule has 2 fully saturated rings. The Labute approximate surface area is 115 Å². The fourth-order valence-corrected chi connectivity index (χ4v) is 5.75. The van der Waals surface area contributed by atoms with Gasteiger partial charge in [-0.05, 0) is 43.7 Å². The highest BCUT2D eigenvalue weighted by molar-refractivity contribution is 7.86. The second kappa shape index (κ2) is 4.67. The van der Waals surface area contributed by atoms with Crippen molar-refractivity contribution in [2.24, 2.45) is 0 Å². The zero-order valence-electron chi connectivity index (χ0n) is 11.1. The highest BCUT2D eigenvalue weighted by Crippen LogP contribution is 2.42. The third-order valence-electron chi connectivity index (χ3n) is 4.47. The molecule has 19 heavy (non-hydrogen) atoms. The lowest BCUT2D eigenvalue weighted by Crippen LogP contribution is -2.44. The van der Waals surface area contributed by atoms with Gasteiger partial charge >= 0.3 is 0 Å². The molecule has 2 aliphatic heterocycles. The number of hydrogen-bond donors (Lipinski definition) is 1. The lowest BCUT2D eigenvalue weighted by atomic mass is 9.86. The van der Waals surface area contributed by atoms with Gasteiger partial charge in [0, 0.05) is 27.7 Å². The number of hydrogen-bond acceptors (Lipinski definition) is 2. The van der Waals surface area contributed by atoms with Crippen LogP contribution in [0, 0.1) is 12.7 Å². The first-order valence-corrected chi connectivity index (χ1v) is 8.12. The van der Waals surface area contributed by atoms with E-state index in [0.717, 1.165) is 12.8 Å². The summed E-state index contributed by atoms with van der Waals surface area (Å²) in [4.78, 5) is 0. The van der Waals surface area contributed by atoms with Crippen molar-refractivity contribution in [3.05, 3.63) is 35.1 Å². The molecule has 2 aliphatic rings. The minimum absolute atomic E-state index is 0.108. The van der Waals surface area contributed by atoms with E-state index in [2.05, 4.69) is 0 Å². The Morgan fingerprint density at radius 3 is 2.63 bits per heavy atom. The molecule has 0 radical (unpaired) electrons. The van der Waals surface area contributed by atoms with Crippen LogP contribution in [0.25, 0.3) is 0 Å². The van der Waals surface area contributed by atoms with Gasteiger partial charge in [0.1, 0.15) is 5.82 Å². The van der Waals surface area contributed by atoms with E-state index in [9.17, 15) is 13.7 Å². The Bertz CT molecular complexity index is 513. The van der Waals surface area contributed by atoms with E-state index in [1.165, 1.54) is 0 Å². The number of benzene rings is 1. The molecule has 2 bridgehead atoms. The molecule has 2 nitrogen and oxygen atoms in total. The smallest absolute Gasteiger partial charge is 0.129 e. The van der Waals surface area contributed by atoms with E-state index < -0.39 is 16.4 Å². The lowest BCUT2D eigenvalue weighted by Gasteiger charge is -2.36. The first-order valence-electron chi connectivity index (χ1n) is 6.84. The van der Waals surface area contributed by atoms with E-state index in [1.807, 2.05) is 6.07 Å². The summed E-state index contributed by atoms with van der Waals surface area (Å²) >= 11 is 0. The average Bonchev–Trinajstić information content (AvgIpc) is 2.60. The SMILES string of the molecule is Cc1cccc(CC2(O)CC3CCC(C2)S3=O)c1F. The largest absolute Gasteiger partial charge is 0.389 e. The maximum atomic E-state index is 14.0. The summed E-state index contributed by atoms with van der Waals surface area (Å²) in [6.07, 6.45) is 3.31. The molecule has 2 atom stereocenters. The van der Waals surface area contributed by atoms with Crippen molar-refractivity contribution in [1.82, 2.24) is 0 Å². The van der Waals surface area contributed by atoms with E-state index in [0.29, 0.717) is 30.4 Å². The monoisotopic (exact) mass is 282 g/mol. The average molecular weight is 282 g/mol. The normalized spacial score (nSPS) is 37.5. The molecule has 1 N–H and O–H groups in total. The zero-order chi connectivity index (χ0) is 13.6. The predicted octanol–water partition coefficient (Wildman–Crippen LogP) is 2.48. The van der Waals surface area contributed by atoms with Gasteiger partial charge in [0.2, 0.25) is 0 Å². The fourth-order valence-electron chi connectivity index (χ4n) is 3.52. The minimum atomic E-state index is -0.881. The van der Waals surface area contributed by atoms with Crippen molar-refractivity contribution in [2.45, 2.75) is 55.1 Å². The second-order valence-corrected chi connectivity index (χ2v) is 8.00. The predicted molar refractivity (Wildman–Crippen MR) is 74.0 cm³/mol. The summed E-state index contributed by atoms with van der Waals surface area (Å²) in [5, 5.41) is 11.0. The zero-order valence-corrected chi connectivity index (χ0v) is 11.9. The molecule has 4 heteroatoms. The number of aryl methyl sites for hydroxylation is 1. The molecule has 104 valence electrons. The molecule has 0 aliphatic carbocycles. The number of aliphatic hydroxyl groups is 1. The lowest BCUT2D eigenvalue weighted by molar-refractivity contribution is 0.0223.